The van der Waals surface area contributed by atoms with Crippen molar-refractivity contribution in [2.45, 2.75) is 20.8 Å². The molecule has 23 heavy (non-hydrogen) atoms. The molecule has 0 saturated heterocycles. The van der Waals surface area contributed by atoms with Gasteiger partial charge in [-0.25, -0.2) is 9.59 Å². The van der Waals surface area contributed by atoms with Crippen molar-refractivity contribution < 1.29 is 23.9 Å². The van der Waals surface area contributed by atoms with E-state index in [0.29, 0.717) is 12.3 Å². The van der Waals surface area contributed by atoms with Crippen molar-refractivity contribution >= 4 is 17.9 Å². The first-order valence-corrected chi connectivity index (χ1v) is 7.29. The first-order valence-electron chi connectivity index (χ1n) is 7.29. The van der Waals surface area contributed by atoms with Crippen LogP contribution in [0.25, 0.3) is 0 Å². The molecule has 0 bridgehead atoms. The Balaban J connectivity index is 2.22. The van der Waals surface area contributed by atoms with E-state index < -0.39 is 24.5 Å². The van der Waals surface area contributed by atoms with Gasteiger partial charge < -0.3 is 14.8 Å². The highest BCUT2D eigenvalue weighted by Gasteiger charge is 2.11. The lowest BCUT2D eigenvalue weighted by atomic mass is 10.2. The summed E-state index contributed by atoms with van der Waals surface area (Å²) >= 11 is 0. The second-order valence-corrected chi connectivity index (χ2v) is 5.42. The molecule has 0 aliphatic carbocycles. The van der Waals surface area contributed by atoms with Crippen molar-refractivity contribution in [1.82, 2.24) is 10.6 Å². The molecule has 1 rings (SSSR count). The maximum atomic E-state index is 11.5. The van der Waals surface area contributed by atoms with Crippen LogP contribution in [0.1, 0.15) is 19.4 Å². The van der Waals surface area contributed by atoms with Crippen molar-refractivity contribution in [3.63, 3.8) is 0 Å². The predicted molar refractivity (Wildman–Crippen MR) is 84.0 cm³/mol. The fourth-order valence-electron chi connectivity index (χ4n) is 1.54. The van der Waals surface area contributed by atoms with Crippen LogP contribution in [0.5, 0.6) is 5.75 Å². The lowest BCUT2D eigenvalue weighted by Gasteiger charge is -2.09. The van der Waals surface area contributed by atoms with E-state index in [0.717, 1.165) is 5.56 Å². The minimum absolute atomic E-state index is 0.271. The fraction of sp³-hybridized carbons (Fsp3) is 0.438. The number of hydrogen-bond donors (Lipinski definition) is 2. The van der Waals surface area contributed by atoms with Gasteiger partial charge in [0.2, 0.25) is 0 Å². The van der Waals surface area contributed by atoms with Crippen LogP contribution in [0.4, 0.5) is 4.79 Å². The highest BCUT2D eigenvalue weighted by atomic mass is 16.6. The highest BCUT2D eigenvalue weighted by molar-refractivity contribution is 5.95. The summed E-state index contributed by atoms with van der Waals surface area (Å²) in [6.45, 7) is 5.36. The Morgan fingerprint density at radius 2 is 1.91 bits per heavy atom. The molecule has 0 unspecified atom stereocenters. The van der Waals surface area contributed by atoms with Gasteiger partial charge in [-0.15, -0.1) is 0 Å². The zero-order chi connectivity index (χ0) is 17.2. The summed E-state index contributed by atoms with van der Waals surface area (Å²) in [5, 5.41) is 4.58. The van der Waals surface area contributed by atoms with Gasteiger partial charge in [-0.2, -0.15) is 0 Å². The first-order chi connectivity index (χ1) is 10.9. The Morgan fingerprint density at radius 3 is 2.57 bits per heavy atom. The van der Waals surface area contributed by atoms with Crippen LogP contribution in [0, 0.1) is 12.8 Å². The Kier molecular flexibility index (Phi) is 7.59. The van der Waals surface area contributed by atoms with Crippen LogP contribution in [0.15, 0.2) is 24.3 Å². The van der Waals surface area contributed by atoms with E-state index in [1.807, 2.05) is 26.8 Å². The van der Waals surface area contributed by atoms with Gasteiger partial charge in [0.1, 0.15) is 5.75 Å². The Morgan fingerprint density at radius 1 is 1.17 bits per heavy atom. The van der Waals surface area contributed by atoms with Gasteiger partial charge in [0.05, 0.1) is 0 Å². The van der Waals surface area contributed by atoms with E-state index in [1.165, 1.54) is 0 Å². The number of esters is 1. The number of imide groups is 1. The largest absolute Gasteiger partial charge is 0.482 e. The SMILES string of the molecule is Cc1cccc(OCC(=O)OCC(=O)NC(=O)NCC(C)C)c1. The molecule has 3 amide bonds. The number of carbonyl (C=O) groups is 3. The number of ether oxygens (including phenoxy) is 2. The standard InChI is InChI=1S/C16H22N2O5/c1-11(2)8-17-16(21)18-14(19)9-23-15(20)10-22-13-6-4-5-12(3)7-13/h4-7,11H,8-10H2,1-3H3,(H2,17,18,19,21). The van der Waals surface area contributed by atoms with Crippen LogP contribution in [-0.2, 0) is 14.3 Å². The monoisotopic (exact) mass is 322 g/mol. The fourth-order valence-corrected chi connectivity index (χ4v) is 1.54. The van der Waals surface area contributed by atoms with Crippen molar-refractivity contribution in [3.05, 3.63) is 29.8 Å². The van der Waals surface area contributed by atoms with Crippen LogP contribution in [0.3, 0.4) is 0 Å². The average Bonchev–Trinajstić information content (AvgIpc) is 2.49. The van der Waals surface area contributed by atoms with Crippen LogP contribution in [0.2, 0.25) is 0 Å². The lowest BCUT2D eigenvalue weighted by molar-refractivity contribution is -0.150. The van der Waals surface area contributed by atoms with Gasteiger partial charge >= 0.3 is 12.0 Å². The lowest BCUT2D eigenvalue weighted by Crippen LogP contribution is -2.42. The average molecular weight is 322 g/mol. The summed E-state index contributed by atoms with van der Waals surface area (Å²) in [5.41, 5.74) is 1.00. The quantitative estimate of drug-likeness (QED) is 0.740. The molecule has 2 N–H and O–H groups in total. The van der Waals surface area contributed by atoms with Crippen LogP contribution in [-0.4, -0.2) is 37.7 Å². The van der Waals surface area contributed by atoms with E-state index >= 15 is 0 Å². The minimum atomic E-state index is -0.699. The molecule has 7 nitrogen and oxygen atoms in total. The summed E-state index contributed by atoms with van der Waals surface area (Å²) in [7, 11) is 0. The summed E-state index contributed by atoms with van der Waals surface area (Å²) in [6, 6.07) is 6.58. The Hall–Kier alpha value is -2.57. The number of nitrogens with one attached hydrogen (secondary N) is 2. The highest BCUT2D eigenvalue weighted by Crippen LogP contribution is 2.11. The number of carbonyl (C=O) groups excluding carboxylic acids is 3. The van der Waals surface area contributed by atoms with Crippen molar-refractivity contribution in [1.29, 1.82) is 0 Å². The Labute approximate surface area is 135 Å². The molecule has 1 aromatic carbocycles. The summed E-state index contributed by atoms with van der Waals surface area (Å²) in [4.78, 5) is 34.2. The normalized spacial score (nSPS) is 10.1. The predicted octanol–water partition coefficient (Wildman–Crippen LogP) is 1.40. The number of aryl methyl sites for hydroxylation is 1. The summed E-state index contributed by atoms with van der Waals surface area (Å²) in [6.07, 6.45) is 0. The van der Waals surface area contributed by atoms with E-state index in [1.54, 1.807) is 18.2 Å². The number of benzene rings is 1. The minimum Gasteiger partial charge on any atom is -0.482 e. The van der Waals surface area contributed by atoms with Crippen molar-refractivity contribution in [2.75, 3.05) is 19.8 Å². The molecule has 0 aliphatic heterocycles. The number of urea groups is 1. The molecule has 0 aromatic heterocycles. The van der Waals surface area contributed by atoms with Gasteiger partial charge in [0, 0.05) is 6.54 Å². The van der Waals surface area contributed by atoms with Crippen molar-refractivity contribution in [3.8, 4) is 5.75 Å². The molecule has 1 aromatic rings. The molecule has 126 valence electrons. The van der Waals surface area contributed by atoms with Gasteiger partial charge in [-0.3, -0.25) is 10.1 Å². The molecule has 0 atom stereocenters. The van der Waals surface area contributed by atoms with Crippen molar-refractivity contribution in [2.24, 2.45) is 5.92 Å². The maximum absolute atomic E-state index is 11.5. The maximum Gasteiger partial charge on any atom is 0.344 e. The third-order valence-corrected chi connectivity index (χ3v) is 2.63. The van der Waals surface area contributed by atoms with Gasteiger partial charge in [-0.1, -0.05) is 26.0 Å². The molecule has 0 spiro atoms. The Bertz CT molecular complexity index is 557. The molecule has 0 aliphatic rings. The number of amides is 3. The third kappa shape index (κ3) is 8.45. The van der Waals surface area contributed by atoms with E-state index in [4.69, 9.17) is 9.47 Å². The topological polar surface area (TPSA) is 93.7 Å². The second kappa shape index (κ2) is 9.45. The zero-order valence-electron chi connectivity index (χ0n) is 13.5. The number of rotatable bonds is 7. The molecular weight excluding hydrogens is 300 g/mol. The molecule has 0 heterocycles. The van der Waals surface area contributed by atoms with E-state index in [9.17, 15) is 14.4 Å². The molecular formula is C16H22N2O5. The summed E-state index contributed by atoms with van der Waals surface area (Å²) < 4.78 is 9.97. The molecule has 0 radical (unpaired) electrons. The van der Waals surface area contributed by atoms with Gasteiger partial charge in [0.25, 0.3) is 5.91 Å². The van der Waals surface area contributed by atoms with Gasteiger partial charge in [0.15, 0.2) is 13.2 Å². The molecule has 7 heteroatoms. The first kappa shape index (κ1) is 18.5. The number of hydrogen-bond acceptors (Lipinski definition) is 5. The van der Waals surface area contributed by atoms with Gasteiger partial charge in [-0.05, 0) is 30.5 Å². The second-order valence-electron chi connectivity index (χ2n) is 5.42. The third-order valence-electron chi connectivity index (χ3n) is 2.63. The van der Waals surface area contributed by atoms with Crippen LogP contribution < -0.4 is 15.4 Å². The smallest absolute Gasteiger partial charge is 0.344 e. The van der Waals surface area contributed by atoms with Crippen LogP contribution >= 0.6 is 0 Å². The van der Waals surface area contributed by atoms with E-state index in [-0.39, 0.29) is 12.5 Å². The van der Waals surface area contributed by atoms with E-state index in [2.05, 4.69) is 10.6 Å². The molecule has 0 saturated carbocycles. The zero-order valence-corrected chi connectivity index (χ0v) is 13.5. The summed E-state index contributed by atoms with van der Waals surface area (Å²) in [5.74, 6) is -0.577. The molecule has 0 fully saturated rings.